The van der Waals surface area contributed by atoms with Crippen LogP contribution in [0.2, 0.25) is 0 Å². The highest BCUT2D eigenvalue weighted by Gasteiger charge is 2.32. The second-order valence-corrected chi connectivity index (χ2v) is 6.25. The van der Waals surface area contributed by atoms with Gasteiger partial charge in [0.25, 0.3) is 0 Å². The number of carboxylic acids is 1. The first kappa shape index (κ1) is 16.4. The highest BCUT2D eigenvalue weighted by Crippen LogP contribution is 2.35. The lowest BCUT2D eigenvalue weighted by molar-refractivity contribution is -0.139. The van der Waals surface area contributed by atoms with Crippen molar-refractivity contribution in [3.05, 3.63) is 11.3 Å². The summed E-state index contributed by atoms with van der Waals surface area (Å²) in [7, 11) is 0. The Hall–Kier alpha value is -1.65. The number of carboxylic acid groups (broad SMARTS) is 1. The zero-order valence-electron chi connectivity index (χ0n) is 12.5. The van der Waals surface area contributed by atoms with Crippen molar-refractivity contribution < 1.29 is 19.8 Å². The van der Waals surface area contributed by atoms with Gasteiger partial charge in [0, 0.05) is 19.1 Å². The molecule has 2 N–H and O–H groups in total. The third-order valence-electron chi connectivity index (χ3n) is 3.70. The molecule has 1 rings (SSSR count). The Labute approximate surface area is 119 Å². The van der Waals surface area contributed by atoms with Crippen molar-refractivity contribution >= 4 is 18.0 Å². The molecule has 5 nitrogen and oxygen atoms in total. The molecule has 5 heteroatoms. The van der Waals surface area contributed by atoms with E-state index in [1.54, 1.807) is 6.92 Å². The van der Waals surface area contributed by atoms with Crippen LogP contribution in [-0.4, -0.2) is 34.2 Å². The predicted molar refractivity (Wildman–Crippen MR) is 77.0 cm³/mol. The number of aliphatic hydroxyl groups is 1. The molecular formula is C15H23NO4. The number of Topliss-reactive ketones (excluding diaryl/α,β-unsaturated/α-hetero) is 1. The van der Waals surface area contributed by atoms with Crippen molar-refractivity contribution in [3.8, 4) is 0 Å². The van der Waals surface area contributed by atoms with Gasteiger partial charge in [-0.1, -0.05) is 34.1 Å². The van der Waals surface area contributed by atoms with E-state index in [1.165, 1.54) is 6.21 Å². The number of aliphatic carboxylic acids is 1. The molecule has 0 heterocycles. The van der Waals surface area contributed by atoms with Crippen LogP contribution in [0.15, 0.2) is 16.3 Å². The van der Waals surface area contributed by atoms with E-state index in [-0.39, 0.29) is 28.4 Å². The average Bonchev–Trinajstić information content (AvgIpc) is 2.30. The Kier molecular flexibility index (Phi) is 5.09. The molecule has 1 aliphatic carbocycles. The van der Waals surface area contributed by atoms with Crippen LogP contribution in [-0.2, 0) is 9.59 Å². The van der Waals surface area contributed by atoms with Crippen molar-refractivity contribution in [1.82, 2.24) is 0 Å². The molecule has 0 aromatic rings. The summed E-state index contributed by atoms with van der Waals surface area (Å²) in [5.74, 6) is -1.32. The predicted octanol–water partition coefficient (Wildman–Crippen LogP) is 2.76. The Balaban J connectivity index is 2.98. The molecule has 0 saturated heterocycles. The van der Waals surface area contributed by atoms with Gasteiger partial charge in [0.1, 0.15) is 11.8 Å². The maximum absolute atomic E-state index is 12.0. The van der Waals surface area contributed by atoms with Gasteiger partial charge >= 0.3 is 5.97 Å². The van der Waals surface area contributed by atoms with Gasteiger partial charge < -0.3 is 10.2 Å². The number of allylic oxidation sites excluding steroid dienone is 2. The number of carbonyl (C=O) groups excluding carboxylic acids is 1. The second-order valence-electron chi connectivity index (χ2n) is 6.25. The van der Waals surface area contributed by atoms with E-state index in [4.69, 9.17) is 5.11 Å². The number of nitrogens with zero attached hydrogens (tertiary/aromatic N) is 1. The first-order chi connectivity index (χ1) is 9.18. The number of hydrogen-bond acceptors (Lipinski definition) is 4. The molecule has 0 amide bonds. The van der Waals surface area contributed by atoms with Gasteiger partial charge in [-0.05, 0) is 11.3 Å². The summed E-state index contributed by atoms with van der Waals surface area (Å²) in [5, 5.41) is 19.1. The molecule has 1 aliphatic rings. The summed E-state index contributed by atoms with van der Waals surface area (Å²) in [6.07, 6.45) is 2.65. The summed E-state index contributed by atoms with van der Waals surface area (Å²) >= 11 is 0. The fourth-order valence-corrected chi connectivity index (χ4v) is 2.28. The Morgan fingerprint density at radius 3 is 2.50 bits per heavy atom. The summed E-state index contributed by atoms with van der Waals surface area (Å²) in [4.78, 5) is 27.2. The summed E-state index contributed by atoms with van der Waals surface area (Å²) in [6, 6.07) is -0.886. The quantitative estimate of drug-likeness (QED) is 0.758. The molecule has 0 aromatic heterocycles. The average molecular weight is 281 g/mol. The van der Waals surface area contributed by atoms with Crippen molar-refractivity contribution in [2.24, 2.45) is 16.3 Å². The number of aliphatic hydroxyl groups excluding tert-OH is 1. The lowest BCUT2D eigenvalue weighted by atomic mass is 9.77. The van der Waals surface area contributed by atoms with Gasteiger partial charge in [-0.25, -0.2) is 4.79 Å². The maximum Gasteiger partial charge on any atom is 0.328 e. The lowest BCUT2D eigenvalue weighted by Crippen LogP contribution is -2.28. The van der Waals surface area contributed by atoms with Crippen LogP contribution in [0.3, 0.4) is 0 Å². The molecule has 0 aromatic carbocycles. The van der Waals surface area contributed by atoms with Crippen LogP contribution in [0, 0.1) is 11.3 Å². The highest BCUT2D eigenvalue weighted by atomic mass is 16.4. The first-order valence-corrected chi connectivity index (χ1v) is 6.89. The van der Waals surface area contributed by atoms with Crippen molar-refractivity contribution in [2.75, 3.05) is 0 Å². The molecule has 0 unspecified atom stereocenters. The van der Waals surface area contributed by atoms with E-state index in [9.17, 15) is 14.7 Å². The van der Waals surface area contributed by atoms with Crippen LogP contribution >= 0.6 is 0 Å². The zero-order valence-corrected chi connectivity index (χ0v) is 12.5. The highest BCUT2D eigenvalue weighted by molar-refractivity contribution is 6.14. The molecule has 20 heavy (non-hydrogen) atoms. The third-order valence-corrected chi connectivity index (χ3v) is 3.70. The van der Waals surface area contributed by atoms with Gasteiger partial charge in [-0.15, -0.1) is 0 Å². The van der Waals surface area contributed by atoms with Crippen molar-refractivity contribution in [1.29, 1.82) is 0 Å². The van der Waals surface area contributed by atoms with Gasteiger partial charge in [0.05, 0.1) is 5.57 Å². The minimum Gasteiger partial charge on any atom is -0.511 e. The molecule has 0 spiro atoms. The normalized spacial score (nSPS) is 22.1. The first-order valence-electron chi connectivity index (χ1n) is 6.89. The molecule has 112 valence electrons. The smallest absolute Gasteiger partial charge is 0.328 e. The van der Waals surface area contributed by atoms with E-state index in [2.05, 4.69) is 4.99 Å². The van der Waals surface area contributed by atoms with Crippen molar-refractivity contribution in [2.45, 2.75) is 53.0 Å². The summed E-state index contributed by atoms with van der Waals surface area (Å²) in [5.41, 5.74) is -0.111. The zero-order chi connectivity index (χ0) is 15.5. The summed E-state index contributed by atoms with van der Waals surface area (Å²) < 4.78 is 0. The molecular weight excluding hydrogens is 258 g/mol. The van der Waals surface area contributed by atoms with Gasteiger partial charge in [0.15, 0.2) is 5.78 Å². The Bertz CT molecular complexity index is 462. The molecule has 0 radical (unpaired) electrons. The number of carbonyl (C=O) groups is 2. The van der Waals surface area contributed by atoms with Crippen LogP contribution in [0.1, 0.15) is 47.0 Å². The molecule has 0 fully saturated rings. The van der Waals surface area contributed by atoms with Gasteiger partial charge in [-0.2, -0.15) is 0 Å². The number of ketones is 1. The fraction of sp³-hybridized carbons (Fsp3) is 0.667. The van der Waals surface area contributed by atoms with E-state index in [0.29, 0.717) is 19.3 Å². The van der Waals surface area contributed by atoms with Crippen LogP contribution in [0.4, 0.5) is 0 Å². The fourth-order valence-electron chi connectivity index (χ4n) is 2.28. The van der Waals surface area contributed by atoms with E-state index in [1.807, 2.05) is 20.8 Å². The van der Waals surface area contributed by atoms with Crippen LogP contribution < -0.4 is 0 Å². The van der Waals surface area contributed by atoms with Gasteiger partial charge in [-0.3, -0.25) is 9.79 Å². The number of rotatable bonds is 5. The molecule has 2 atom stereocenters. The van der Waals surface area contributed by atoms with Crippen LogP contribution in [0.25, 0.3) is 0 Å². The van der Waals surface area contributed by atoms with Crippen molar-refractivity contribution in [3.63, 3.8) is 0 Å². The third kappa shape index (κ3) is 3.92. The molecule has 0 bridgehead atoms. The number of hydrogen-bond donors (Lipinski definition) is 2. The monoisotopic (exact) mass is 281 g/mol. The minimum absolute atomic E-state index is 0.00305. The standard InChI is InChI=1S/C15H23NO4/c1-5-9(2)13(14(19)20)16-8-10-11(17)6-15(3,4)7-12(10)18/h8-9,13,17H,5-7H2,1-4H3,(H,19,20)/t9-,13-/m1/s1. The Morgan fingerprint density at radius 2 is 2.05 bits per heavy atom. The second kappa shape index (κ2) is 6.20. The van der Waals surface area contributed by atoms with E-state index >= 15 is 0 Å². The van der Waals surface area contributed by atoms with Crippen LogP contribution in [0.5, 0.6) is 0 Å². The minimum atomic E-state index is -1.01. The van der Waals surface area contributed by atoms with Gasteiger partial charge in [0.2, 0.25) is 0 Å². The maximum atomic E-state index is 12.0. The summed E-state index contributed by atoms with van der Waals surface area (Å²) in [6.45, 7) is 7.51. The molecule has 0 saturated carbocycles. The largest absolute Gasteiger partial charge is 0.511 e. The Morgan fingerprint density at radius 1 is 1.45 bits per heavy atom. The lowest BCUT2D eigenvalue weighted by Gasteiger charge is -2.28. The number of aliphatic imine (C=N–C) groups is 1. The topological polar surface area (TPSA) is 87.0 Å². The SMILES string of the molecule is CC[C@@H](C)[C@@H](N=CC1=C(O)CC(C)(C)CC1=O)C(=O)O. The molecule has 0 aliphatic heterocycles. The van der Waals surface area contributed by atoms with E-state index < -0.39 is 12.0 Å². The van der Waals surface area contributed by atoms with E-state index in [0.717, 1.165) is 0 Å².